The summed E-state index contributed by atoms with van der Waals surface area (Å²) in [4.78, 5) is 54.8. The molecule has 10 heteroatoms. The van der Waals surface area contributed by atoms with Gasteiger partial charge in [0.25, 0.3) is 5.91 Å². The van der Waals surface area contributed by atoms with Crippen molar-refractivity contribution in [2.75, 3.05) is 0 Å². The number of pyridine rings is 1. The van der Waals surface area contributed by atoms with Gasteiger partial charge in [0, 0.05) is 6.42 Å². The molecular formula is C30H30N4O6. The number of piperazine rings is 1. The molecule has 1 aliphatic heterocycles. The smallest absolute Gasteiger partial charge is 0.408 e. The highest BCUT2D eigenvalue weighted by molar-refractivity contribution is 6.07. The van der Waals surface area contributed by atoms with Crippen LogP contribution in [-0.4, -0.2) is 40.5 Å². The summed E-state index contributed by atoms with van der Waals surface area (Å²) >= 11 is 0. The Hall–Kier alpha value is -4.99. The third-order valence-electron chi connectivity index (χ3n) is 5.71. The number of nitrogens with zero attached hydrogens (tertiary/aromatic N) is 1. The van der Waals surface area contributed by atoms with Crippen LogP contribution in [0.25, 0.3) is 6.08 Å². The Morgan fingerprint density at radius 2 is 1.68 bits per heavy atom. The summed E-state index contributed by atoms with van der Waals surface area (Å²) < 4.78 is 10.8. The summed E-state index contributed by atoms with van der Waals surface area (Å²) in [6.07, 6.45) is 2.34. The maximum absolute atomic E-state index is 13.0. The number of alkyl carbamates (subject to hydrolysis) is 1. The third-order valence-corrected chi connectivity index (χ3v) is 5.71. The molecule has 3 amide bonds. The molecule has 1 aliphatic rings. The van der Waals surface area contributed by atoms with Crippen molar-refractivity contribution in [3.05, 3.63) is 102 Å². The van der Waals surface area contributed by atoms with E-state index in [1.54, 1.807) is 51.1 Å². The van der Waals surface area contributed by atoms with Crippen LogP contribution in [0.2, 0.25) is 0 Å². The van der Waals surface area contributed by atoms with E-state index in [2.05, 4.69) is 20.9 Å². The molecule has 0 bridgehead atoms. The normalized spacial score (nSPS) is 16.9. The first-order chi connectivity index (χ1) is 19.1. The number of ether oxygens (including phenoxy) is 2. The first-order valence-corrected chi connectivity index (χ1v) is 12.7. The Balaban J connectivity index is 1.41. The van der Waals surface area contributed by atoms with Gasteiger partial charge < -0.3 is 25.4 Å². The first-order valence-electron chi connectivity index (χ1n) is 12.7. The lowest BCUT2D eigenvalue weighted by Gasteiger charge is -2.25. The molecule has 0 aliphatic carbocycles. The van der Waals surface area contributed by atoms with Crippen molar-refractivity contribution in [2.45, 2.75) is 44.9 Å². The highest BCUT2D eigenvalue weighted by Gasteiger charge is 2.30. The fourth-order valence-electron chi connectivity index (χ4n) is 3.88. The Morgan fingerprint density at radius 1 is 1.00 bits per heavy atom. The minimum absolute atomic E-state index is 0.0530. The quantitative estimate of drug-likeness (QED) is 0.307. The number of hydrogen-bond acceptors (Lipinski definition) is 7. The van der Waals surface area contributed by atoms with E-state index in [9.17, 15) is 19.2 Å². The average molecular weight is 543 g/mol. The summed E-state index contributed by atoms with van der Waals surface area (Å²) in [5, 5.41) is 7.90. The molecule has 1 saturated heterocycles. The molecule has 0 radical (unpaired) electrons. The van der Waals surface area contributed by atoms with Gasteiger partial charge in [-0.15, -0.1) is 0 Å². The largest absolute Gasteiger partial charge is 0.444 e. The van der Waals surface area contributed by atoms with Crippen molar-refractivity contribution < 1.29 is 28.7 Å². The summed E-state index contributed by atoms with van der Waals surface area (Å²) in [5.74, 6) is -1.38. The van der Waals surface area contributed by atoms with Gasteiger partial charge in [-0.1, -0.05) is 60.7 Å². The second-order valence-corrected chi connectivity index (χ2v) is 10.1. The van der Waals surface area contributed by atoms with E-state index in [1.165, 1.54) is 24.4 Å². The molecule has 3 aromatic rings. The zero-order valence-corrected chi connectivity index (χ0v) is 22.3. The van der Waals surface area contributed by atoms with Crippen molar-refractivity contribution in [1.82, 2.24) is 20.9 Å². The summed E-state index contributed by atoms with van der Waals surface area (Å²) in [6, 6.07) is 19.2. The van der Waals surface area contributed by atoms with Gasteiger partial charge in [-0.2, -0.15) is 0 Å². The Bertz CT molecular complexity index is 1400. The van der Waals surface area contributed by atoms with Crippen LogP contribution in [-0.2, 0) is 25.5 Å². The molecule has 1 aromatic heterocycles. The predicted molar refractivity (Wildman–Crippen MR) is 147 cm³/mol. The van der Waals surface area contributed by atoms with E-state index < -0.39 is 35.7 Å². The predicted octanol–water partition coefficient (Wildman–Crippen LogP) is 3.45. The molecule has 2 aromatic carbocycles. The number of carbonyl (C=O) groups is 4. The van der Waals surface area contributed by atoms with Crippen LogP contribution in [0.3, 0.4) is 0 Å². The van der Waals surface area contributed by atoms with Gasteiger partial charge >= 0.3 is 12.1 Å². The number of esters is 1. The first kappa shape index (κ1) is 28.0. The minimum atomic E-state index is -1.12. The van der Waals surface area contributed by atoms with Gasteiger partial charge in [0.1, 0.15) is 23.1 Å². The number of amides is 3. The van der Waals surface area contributed by atoms with Crippen LogP contribution in [0.1, 0.15) is 43.6 Å². The van der Waals surface area contributed by atoms with E-state index in [0.29, 0.717) is 17.7 Å². The molecule has 206 valence electrons. The van der Waals surface area contributed by atoms with Crippen molar-refractivity contribution in [3.63, 3.8) is 0 Å². The van der Waals surface area contributed by atoms with E-state index in [4.69, 9.17) is 9.47 Å². The van der Waals surface area contributed by atoms with Gasteiger partial charge in [-0.25, -0.2) is 9.59 Å². The van der Waals surface area contributed by atoms with Crippen LogP contribution in [0.5, 0.6) is 5.75 Å². The molecule has 40 heavy (non-hydrogen) atoms. The van der Waals surface area contributed by atoms with Gasteiger partial charge in [-0.3, -0.25) is 14.6 Å². The second-order valence-electron chi connectivity index (χ2n) is 10.1. The van der Waals surface area contributed by atoms with Gasteiger partial charge in [-0.05, 0) is 50.1 Å². The van der Waals surface area contributed by atoms with Crippen LogP contribution >= 0.6 is 0 Å². The molecule has 2 unspecified atom stereocenters. The lowest BCUT2D eigenvalue weighted by molar-refractivity contribution is -0.137. The maximum atomic E-state index is 13.0. The van der Waals surface area contributed by atoms with Crippen molar-refractivity contribution in [3.8, 4) is 5.75 Å². The average Bonchev–Trinajstić information content (AvgIpc) is 2.91. The van der Waals surface area contributed by atoms with Crippen LogP contribution in [0.4, 0.5) is 4.79 Å². The molecule has 2 heterocycles. The van der Waals surface area contributed by atoms with Crippen molar-refractivity contribution in [2.24, 2.45) is 0 Å². The van der Waals surface area contributed by atoms with Crippen molar-refractivity contribution in [1.29, 1.82) is 0 Å². The molecular weight excluding hydrogens is 512 g/mol. The summed E-state index contributed by atoms with van der Waals surface area (Å²) in [7, 11) is 0. The van der Waals surface area contributed by atoms with Gasteiger partial charge in [0.15, 0.2) is 6.04 Å². The number of rotatable bonds is 7. The van der Waals surface area contributed by atoms with Crippen molar-refractivity contribution >= 4 is 30.0 Å². The fraction of sp³-hybridized carbons (Fsp3) is 0.233. The molecule has 2 atom stereocenters. The molecule has 0 saturated carbocycles. The number of aromatic nitrogens is 1. The number of nitrogens with one attached hydrogen (secondary N) is 3. The maximum Gasteiger partial charge on any atom is 0.408 e. The van der Waals surface area contributed by atoms with E-state index in [-0.39, 0.29) is 17.4 Å². The monoisotopic (exact) mass is 542 g/mol. The van der Waals surface area contributed by atoms with E-state index in [0.717, 1.165) is 5.56 Å². The zero-order valence-electron chi connectivity index (χ0n) is 22.3. The van der Waals surface area contributed by atoms with E-state index in [1.807, 2.05) is 30.3 Å². The molecule has 10 nitrogen and oxygen atoms in total. The SMILES string of the molecule is CC(C)(C)OC(=O)NC(C(=O)Oc1ccc(/C=C2\NC(=O)C(Cc3ccccc3)NC2=O)nc1)c1ccccc1. The lowest BCUT2D eigenvalue weighted by Crippen LogP contribution is -2.55. The summed E-state index contributed by atoms with van der Waals surface area (Å²) in [6.45, 7) is 5.16. The second kappa shape index (κ2) is 12.2. The highest BCUT2D eigenvalue weighted by atomic mass is 16.6. The van der Waals surface area contributed by atoms with Crippen LogP contribution < -0.4 is 20.7 Å². The third kappa shape index (κ3) is 7.76. The molecule has 3 N–H and O–H groups in total. The highest BCUT2D eigenvalue weighted by Crippen LogP contribution is 2.20. The molecule has 0 spiro atoms. The molecule has 4 rings (SSSR count). The standard InChI is InChI=1S/C30H30N4O6/c1-30(2,3)40-29(38)34-25(20-12-8-5-9-13-20)28(37)39-22-15-14-21(31-18-22)17-24-27(36)32-23(26(35)33-24)16-19-10-6-4-7-11-19/h4-15,17-18,23,25H,16H2,1-3H3,(H,32,36)(H,33,35)(H,34,38)/b24-17-. The lowest BCUT2D eigenvalue weighted by atomic mass is 10.0. The number of benzene rings is 2. The Labute approximate surface area is 231 Å². The molecule has 1 fully saturated rings. The Morgan fingerprint density at radius 3 is 2.30 bits per heavy atom. The fourth-order valence-corrected chi connectivity index (χ4v) is 3.88. The minimum Gasteiger partial charge on any atom is -0.444 e. The van der Waals surface area contributed by atoms with Gasteiger partial charge in [0.2, 0.25) is 5.91 Å². The van der Waals surface area contributed by atoms with Gasteiger partial charge in [0.05, 0.1) is 11.9 Å². The van der Waals surface area contributed by atoms with Crippen LogP contribution in [0, 0.1) is 0 Å². The summed E-state index contributed by atoms with van der Waals surface area (Å²) in [5.41, 5.74) is 1.10. The number of hydrogen-bond donors (Lipinski definition) is 3. The Kier molecular flexibility index (Phi) is 8.58. The van der Waals surface area contributed by atoms with Crippen LogP contribution in [0.15, 0.2) is 84.7 Å². The van der Waals surface area contributed by atoms with E-state index >= 15 is 0 Å². The zero-order chi connectivity index (χ0) is 28.7. The number of carbonyl (C=O) groups excluding carboxylic acids is 4. The topological polar surface area (TPSA) is 136 Å².